The zero-order valence-corrected chi connectivity index (χ0v) is 15.5. The zero-order valence-electron chi connectivity index (χ0n) is 14.7. The second-order valence-corrected chi connectivity index (χ2v) is 7.97. The topological polar surface area (TPSA) is 66.5 Å². The average Bonchev–Trinajstić information content (AvgIpc) is 2.51. The molecule has 0 fully saturated rings. The Kier molecular flexibility index (Phi) is 5.97. The summed E-state index contributed by atoms with van der Waals surface area (Å²) < 4.78 is 51.5. The van der Waals surface area contributed by atoms with Gasteiger partial charge in [0.25, 0.3) is 5.91 Å². The molecule has 0 aliphatic heterocycles. The number of sulfonamides is 1. The summed E-state index contributed by atoms with van der Waals surface area (Å²) in [5.41, 5.74) is 2.30. The van der Waals surface area contributed by atoms with Crippen LogP contribution in [0.15, 0.2) is 36.4 Å². The Bertz CT molecular complexity index is 910. The molecule has 0 radical (unpaired) electrons. The van der Waals surface area contributed by atoms with Gasteiger partial charge in [-0.2, -0.15) is 0 Å². The van der Waals surface area contributed by atoms with E-state index in [9.17, 15) is 22.0 Å². The minimum absolute atomic E-state index is 0.0111. The van der Waals surface area contributed by atoms with Gasteiger partial charge in [-0.1, -0.05) is 6.07 Å². The van der Waals surface area contributed by atoms with Crippen LogP contribution in [0.2, 0.25) is 0 Å². The molecule has 0 heterocycles. The molecule has 5 nitrogen and oxygen atoms in total. The summed E-state index contributed by atoms with van der Waals surface area (Å²) in [6.45, 7) is 3.75. The van der Waals surface area contributed by atoms with E-state index in [-0.39, 0.29) is 18.7 Å². The molecule has 0 unspecified atom stereocenters. The molecule has 0 spiro atoms. The van der Waals surface area contributed by atoms with Gasteiger partial charge >= 0.3 is 0 Å². The number of nitrogens with zero attached hydrogens (tertiary/aromatic N) is 1. The van der Waals surface area contributed by atoms with Crippen LogP contribution < -0.4 is 9.62 Å². The van der Waals surface area contributed by atoms with Gasteiger partial charge in [0.1, 0.15) is 0 Å². The summed E-state index contributed by atoms with van der Waals surface area (Å²) in [6, 6.07) is 8.22. The van der Waals surface area contributed by atoms with E-state index in [4.69, 9.17) is 0 Å². The third-order valence-corrected chi connectivity index (χ3v) is 4.87. The molecule has 2 aromatic rings. The van der Waals surface area contributed by atoms with Crippen LogP contribution in [0, 0.1) is 25.5 Å². The van der Waals surface area contributed by atoms with Gasteiger partial charge in [-0.05, 0) is 55.3 Å². The molecule has 8 heteroatoms. The first-order valence-electron chi connectivity index (χ1n) is 7.87. The first kappa shape index (κ1) is 19.8. The van der Waals surface area contributed by atoms with E-state index in [0.29, 0.717) is 5.69 Å². The van der Waals surface area contributed by atoms with E-state index < -0.39 is 27.6 Å². The number of carbonyl (C=O) groups excluding carboxylic acids is 1. The molecule has 1 N–H and O–H groups in total. The van der Waals surface area contributed by atoms with Crippen molar-refractivity contribution >= 4 is 21.6 Å². The van der Waals surface area contributed by atoms with Crippen LogP contribution in [-0.4, -0.2) is 33.7 Å². The van der Waals surface area contributed by atoms with E-state index in [1.54, 1.807) is 12.1 Å². The van der Waals surface area contributed by atoms with E-state index in [1.165, 1.54) is 4.31 Å². The number of rotatable bonds is 6. The molecule has 26 heavy (non-hydrogen) atoms. The number of amides is 1. The van der Waals surface area contributed by atoms with Crippen LogP contribution in [-0.2, 0) is 10.0 Å². The Hall–Kier alpha value is -2.48. The van der Waals surface area contributed by atoms with E-state index in [2.05, 4.69) is 5.32 Å². The van der Waals surface area contributed by atoms with Gasteiger partial charge in [-0.15, -0.1) is 0 Å². The number of anilines is 1. The minimum atomic E-state index is -3.55. The first-order valence-corrected chi connectivity index (χ1v) is 9.72. The van der Waals surface area contributed by atoms with Gasteiger partial charge in [0.2, 0.25) is 10.0 Å². The highest BCUT2D eigenvalue weighted by Crippen LogP contribution is 2.21. The smallest absolute Gasteiger partial charge is 0.251 e. The van der Waals surface area contributed by atoms with Crippen molar-refractivity contribution < 1.29 is 22.0 Å². The van der Waals surface area contributed by atoms with Crippen LogP contribution in [0.5, 0.6) is 0 Å². The van der Waals surface area contributed by atoms with Crippen LogP contribution in [0.3, 0.4) is 0 Å². The lowest BCUT2D eigenvalue weighted by atomic mass is 10.1. The van der Waals surface area contributed by atoms with Gasteiger partial charge < -0.3 is 5.32 Å². The van der Waals surface area contributed by atoms with Crippen LogP contribution >= 0.6 is 0 Å². The fourth-order valence-corrected chi connectivity index (χ4v) is 3.50. The van der Waals surface area contributed by atoms with E-state index in [0.717, 1.165) is 35.6 Å². The molecule has 0 bridgehead atoms. The maximum Gasteiger partial charge on any atom is 0.251 e. The van der Waals surface area contributed by atoms with Crippen molar-refractivity contribution in [3.8, 4) is 0 Å². The zero-order chi connectivity index (χ0) is 19.5. The summed E-state index contributed by atoms with van der Waals surface area (Å²) in [7, 11) is -3.55. The highest BCUT2D eigenvalue weighted by molar-refractivity contribution is 7.92. The van der Waals surface area contributed by atoms with Crippen molar-refractivity contribution in [2.24, 2.45) is 0 Å². The van der Waals surface area contributed by atoms with E-state index in [1.807, 2.05) is 19.9 Å². The summed E-state index contributed by atoms with van der Waals surface area (Å²) >= 11 is 0. The number of benzene rings is 2. The Morgan fingerprint density at radius 1 is 1.04 bits per heavy atom. The highest BCUT2D eigenvalue weighted by atomic mass is 32.2. The molecule has 0 atom stereocenters. The van der Waals surface area contributed by atoms with Crippen LogP contribution in [0.1, 0.15) is 21.5 Å². The van der Waals surface area contributed by atoms with Crippen molar-refractivity contribution in [3.63, 3.8) is 0 Å². The monoisotopic (exact) mass is 382 g/mol. The Morgan fingerprint density at radius 3 is 2.19 bits per heavy atom. The van der Waals surface area contributed by atoms with Crippen molar-refractivity contribution in [2.45, 2.75) is 13.8 Å². The third-order valence-electron chi connectivity index (χ3n) is 3.68. The van der Waals surface area contributed by atoms with Crippen molar-refractivity contribution in [2.75, 3.05) is 23.7 Å². The van der Waals surface area contributed by atoms with Crippen LogP contribution in [0.4, 0.5) is 14.5 Å². The van der Waals surface area contributed by atoms with Gasteiger partial charge in [-0.25, -0.2) is 17.2 Å². The summed E-state index contributed by atoms with van der Waals surface area (Å²) in [5.74, 6) is -2.77. The standard InChI is InChI=1S/C18H20F2N2O3S/c1-12-8-13(2)10-15(9-12)22(26(3,24)25)7-6-21-18(23)14-4-5-16(19)17(20)11-14/h4-5,8-11H,6-7H2,1-3H3,(H,21,23). The molecule has 140 valence electrons. The number of hydrogen-bond acceptors (Lipinski definition) is 3. The van der Waals surface area contributed by atoms with Gasteiger partial charge in [0.15, 0.2) is 11.6 Å². The molecule has 1 amide bonds. The Morgan fingerprint density at radius 2 is 1.65 bits per heavy atom. The summed E-state index contributed by atoms with van der Waals surface area (Å²) in [4.78, 5) is 12.0. The second kappa shape index (κ2) is 7.82. The molecule has 2 aromatic carbocycles. The summed E-state index contributed by atoms with van der Waals surface area (Å²) in [5, 5.41) is 2.51. The Balaban J connectivity index is 2.10. The SMILES string of the molecule is Cc1cc(C)cc(N(CCNC(=O)c2ccc(F)c(F)c2)S(C)(=O)=O)c1. The quantitative estimate of drug-likeness (QED) is 0.835. The molecule has 0 saturated carbocycles. The third kappa shape index (κ3) is 5.01. The lowest BCUT2D eigenvalue weighted by molar-refractivity contribution is 0.0954. The minimum Gasteiger partial charge on any atom is -0.350 e. The van der Waals surface area contributed by atoms with Gasteiger partial charge in [0.05, 0.1) is 18.5 Å². The number of carbonyl (C=O) groups is 1. The molecule has 2 rings (SSSR count). The molecular weight excluding hydrogens is 362 g/mol. The maximum atomic E-state index is 13.2. The molecule has 0 aliphatic carbocycles. The molecule has 0 aromatic heterocycles. The van der Waals surface area contributed by atoms with Crippen molar-refractivity contribution in [1.29, 1.82) is 0 Å². The van der Waals surface area contributed by atoms with Gasteiger partial charge in [0, 0.05) is 12.1 Å². The first-order chi connectivity index (χ1) is 12.1. The second-order valence-electron chi connectivity index (χ2n) is 6.07. The number of hydrogen-bond donors (Lipinski definition) is 1. The lowest BCUT2D eigenvalue weighted by Crippen LogP contribution is -2.38. The maximum absolute atomic E-state index is 13.2. The fraction of sp³-hybridized carbons (Fsp3) is 0.278. The predicted octanol–water partition coefficient (Wildman–Crippen LogP) is 2.78. The van der Waals surface area contributed by atoms with E-state index >= 15 is 0 Å². The number of halogens is 2. The lowest BCUT2D eigenvalue weighted by Gasteiger charge is -2.23. The molecule has 0 saturated heterocycles. The normalized spacial score (nSPS) is 11.3. The van der Waals surface area contributed by atoms with Crippen molar-refractivity contribution in [1.82, 2.24) is 5.32 Å². The van der Waals surface area contributed by atoms with Crippen LogP contribution in [0.25, 0.3) is 0 Å². The fourth-order valence-electron chi connectivity index (χ4n) is 2.59. The molecule has 0 aliphatic rings. The molecular formula is C18H20F2N2O3S. The van der Waals surface area contributed by atoms with Gasteiger partial charge in [-0.3, -0.25) is 9.10 Å². The van der Waals surface area contributed by atoms with Crippen molar-refractivity contribution in [3.05, 3.63) is 64.7 Å². The Labute approximate surface area is 151 Å². The average molecular weight is 382 g/mol. The number of nitrogens with one attached hydrogen (secondary N) is 1. The predicted molar refractivity (Wildman–Crippen MR) is 96.8 cm³/mol. The number of aryl methyl sites for hydroxylation is 2. The highest BCUT2D eigenvalue weighted by Gasteiger charge is 2.18. The summed E-state index contributed by atoms with van der Waals surface area (Å²) in [6.07, 6.45) is 1.09. The largest absolute Gasteiger partial charge is 0.350 e.